The van der Waals surface area contributed by atoms with Crippen LogP contribution in [-0.4, -0.2) is 21.4 Å². The molecule has 0 aliphatic rings. The smallest absolute Gasteiger partial charge is 0.292 e. The van der Waals surface area contributed by atoms with Crippen LogP contribution in [-0.2, 0) is 6.54 Å². The Morgan fingerprint density at radius 3 is 2.88 bits per heavy atom. The Morgan fingerprint density at radius 1 is 1.29 bits per heavy atom. The maximum Gasteiger partial charge on any atom is 0.292 e. The minimum Gasteiger partial charge on any atom is -0.393 e. The number of nitrogen functional groups attached to an aromatic ring is 1. The number of aromatic nitrogens is 2. The van der Waals surface area contributed by atoms with Crippen LogP contribution in [0.3, 0.4) is 0 Å². The fourth-order valence-corrected chi connectivity index (χ4v) is 2.56. The van der Waals surface area contributed by atoms with E-state index in [2.05, 4.69) is 22.2 Å². The van der Waals surface area contributed by atoms with Gasteiger partial charge in [-0.2, -0.15) is 0 Å². The molecule has 4 N–H and O–H groups in total. The number of hydrogen-bond donors (Lipinski definition) is 3. The number of rotatable bonds is 6. The van der Waals surface area contributed by atoms with Gasteiger partial charge in [0.25, 0.3) is 5.69 Å². The number of nitro benzene ring substituents is 1. The first-order valence-corrected chi connectivity index (χ1v) is 7.82. The van der Waals surface area contributed by atoms with E-state index in [1.807, 2.05) is 18.2 Å². The van der Waals surface area contributed by atoms with Crippen LogP contribution >= 0.6 is 0 Å². The Bertz CT molecular complexity index is 888. The van der Waals surface area contributed by atoms with Crippen molar-refractivity contribution in [3.8, 4) is 11.4 Å². The van der Waals surface area contributed by atoms with Crippen LogP contribution in [0.1, 0.15) is 18.9 Å². The summed E-state index contributed by atoms with van der Waals surface area (Å²) in [6.45, 7) is 3.89. The van der Waals surface area contributed by atoms with Crippen molar-refractivity contribution in [3.63, 3.8) is 0 Å². The predicted octanol–water partition coefficient (Wildman–Crippen LogP) is 3.22. The standard InChI is InChI=1S/C17H19N5O2/c1-2-7-19-10-11-3-6-14-15(8-11)21-17(20-14)12-4-5-13(18)16(9-12)22(23)24/h3-6,8-9,19H,2,7,10,18H2,1H3,(H,20,21). The summed E-state index contributed by atoms with van der Waals surface area (Å²) in [5.74, 6) is 0.590. The van der Waals surface area contributed by atoms with Gasteiger partial charge in [-0.25, -0.2) is 4.98 Å². The van der Waals surface area contributed by atoms with E-state index in [1.165, 1.54) is 12.1 Å². The van der Waals surface area contributed by atoms with Crippen molar-refractivity contribution in [3.05, 3.63) is 52.1 Å². The Kier molecular flexibility index (Phi) is 4.43. The van der Waals surface area contributed by atoms with Crippen molar-refractivity contribution in [2.24, 2.45) is 0 Å². The molecule has 0 saturated carbocycles. The third-order valence-corrected chi connectivity index (χ3v) is 3.80. The number of imidazole rings is 1. The van der Waals surface area contributed by atoms with E-state index < -0.39 is 4.92 Å². The summed E-state index contributed by atoms with van der Waals surface area (Å²) in [5.41, 5.74) is 9.18. The third kappa shape index (κ3) is 3.21. The maximum absolute atomic E-state index is 11.0. The van der Waals surface area contributed by atoms with E-state index >= 15 is 0 Å². The summed E-state index contributed by atoms with van der Waals surface area (Å²) >= 11 is 0. The summed E-state index contributed by atoms with van der Waals surface area (Å²) in [6.07, 6.45) is 1.09. The Hall–Kier alpha value is -2.93. The molecular formula is C17H19N5O2. The van der Waals surface area contributed by atoms with E-state index in [1.54, 1.807) is 6.07 Å². The summed E-state index contributed by atoms with van der Waals surface area (Å²) in [5, 5.41) is 14.4. The maximum atomic E-state index is 11.0. The number of H-pyrrole nitrogens is 1. The van der Waals surface area contributed by atoms with Crippen LogP contribution in [0.4, 0.5) is 11.4 Å². The molecule has 0 bridgehead atoms. The normalized spacial score (nSPS) is 11.0. The molecule has 24 heavy (non-hydrogen) atoms. The molecule has 0 atom stereocenters. The van der Waals surface area contributed by atoms with Crippen molar-refractivity contribution in [1.82, 2.24) is 15.3 Å². The summed E-state index contributed by atoms with van der Waals surface area (Å²) in [6, 6.07) is 10.7. The molecule has 124 valence electrons. The molecule has 1 heterocycles. The number of nitro groups is 1. The van der Waals surface area contributed by atoms with Crippen molar-refractivity contribution in [2.75, 3.05) is 12.3 Å². The largest absolute Gasteiger partial charge is 0.393 e. The molecule has 3 rings (SSSR count). The fraction of sp³-hybridized carbons (Fsp3) is 0.235. The fourth-order valence-electron chi connectivity index (χ4n) is 2.56. The number of nitrogens with two attached hydrogens (primary N) is 1. The number of aromatic amines is 1. The number of nitrogens with zero attached hydrogens (tertiary/aromatic N) is 2. The van der Waals surface area contributed by atoms with Gasteiger partial charge in [-0.1, -0.05) is 13.0 Å². The number of anilines is 1. The molecule has 0 amide bonds. The molecule has 0 aliphatic heterocycles. The SMILES string of the molecule is CCCNCc1ccc2[nH]c(-c3ccc(N)c([N+](=O)[O-])c3)nc2c1. The van der Waals surface area contributed by atoms with Gasteiger partial charge in [0.05, 0.1) is 16.0 Å². The summed E-state index contributed by atoms with van der Waals surface area (Å²) in [4.78, 5) is 18.3. The Morgan fingerprint density at radius 2 is 2.12 bits per heavy atom. The molecule has 3 aromatic rings. The second-order valence-electron chi connectivity index (χ2n) is 5.64. The van der Waals surface area contributed by atoms with Gasteiger partial charge in [0, 0.05) is 18.2 Å². The average Bonchev–Trinajstić information content (AvgIpc) is 2.98. The van der Waals surface area contributed by atoms with Crippen LogP contribution in [0.2, 0.25) is 0 Å². The molecule has 0 unspecified atom stereocenters. The van der Waals surface area contributed by atoms with Crippen LogP contribution < -0.4 is 11.1 Å². The minimum absolute atomic E-state index is 0.114. The second-order valence-corrected chi connectivity index (χ2v) is 5.64. The topological polar surface area (TPSA) is 110 Å². The zero-order valence-electron chi connectivity index (χ0n) is 13.4. The highest BCUT2D eigenvalue weighted by Gasteiger charge is 2.14. The summed E-state index contributed by atoms with van der Waals surface area (Å²) in [7, 11) is 0. The number of benzene rings is 2. The highest BCUT2D eigenvalue weighted by Crippen LogP contribution is 2.28. The van der Waals surface area contributed by atoms with Gasteiger partial charge in [-0.3, -0.25) is 10.1 Å². The summed E-state index contributed by atoms with van der Waals surface area (Å²) < 4.78 is 0. The number of nitrogens with one attached hydrogen (secondary N) is 2. The lowest BCUT2D eigenvalue weighted by Crippen LogP contribution is -2.13. The van der Waals surface area contributed by atoms with E-state index in [-0.39, 0.29) is 11.4 Å². The minimum atomic E-state index is -0.487. The van der Waals surface area contributed by atoms with Crippen LogP contribution in [0.5, 0.6) is 0 Å². The lowest BCUT2D eigenvalue weighted by atomic mass is 10.1. The van der Waals surface area contributed by atoms with Crippen molar-refractivity contribution < 1.29 is 4.92 Å². The van der Waals surface area contributed by atoms with Crippen LogP contribution in [0.25, 0.3) is 22.4 Å². The van der Waals surface area contributed by atoms with Gasteiger partial charge in [0.2, 0.25) is 0 Å². The van der Waals surface area contributed by atoms with Gasteiger partial charge >= 0.3 is 0 Å². The lowest BCUT2D eigenvalue weighted by molar-refractivity contribution is -0.383. The molecule has 7 nitrogen and oxygen atoms in total. The molecule has 0 aliphatic carbocycles. The second kappa shape index (κ2) is 6.67. The van der Waals surface area contributed by atoms with Gasteiger partial charge < -0.3 is 16.0 Å². The number of fused-ring (bicyclic) bond motifs is 1. The highest BCUT2D eigenvalue weighted by molar-refractivity contribution is 5.81. The first-order chi connectivity index (χ1) is 11.6. The van der Waals surface area contributed by atoms with E-state index in [0.717, 1.165) is 36.1 Å². The first-order valence-electron chi connectivity index (χ1n) is 7.82. The van der Waals surface area contributed by atoms with Crippen molar-refractivity contribution >= 4 is 22.4 Å². The van der Waals surface area contributed by atoms with Gasteiger partial charge in [-0.05, 0) is 42.8 Å². The molecule has 0 saturated heterocycles. The average molecular weight is 325 g/mol. The predicted molar refractivity (Wildman–Crippen MR) is 94.6 cm³/mol. The van der Waals surface area contributed by atoms with Crippen molar-refractivity contribution in [1.29, 1.82) is 0 Å². The number of hydrogen-bond acceptors (Lipinski definition) is 5. The van der Waals surface area contributed by atoms with E-state index in [0.29, 0.717) is 11.4 Å². The lowest BCUT2D eigenvalue weighted by Gasteiger charge is -2.02. The Balaban J connectivity index is 1.93. The zero-order valence-corrected chi connectivity index (χ0v) is 13.4. The molecule has 0 radical (unpaired) electrons. The highest BCUT2D eigenvalue weighted by atomic mass is 16.6. The molecule has 0 spiro atoms. The van der Waals surface area contributed by atoms with Gasteiger partial charge in [0.15, 0.2) is 0 Å². The van der Waals surface area contributed by atoms with Crippen LogP contribution in [0, 0.1) is 10.1 Å². The van der Waals surface area contributed by atoms with E-state index in [4.69, 9.17) is 5.73 Å². The van der Waals surface area contributed by atoms with Gasteiger partial charge in [0.1, 0.15) is 11.5 Å². The molecule has 0 fully saturated rings. The molecule has 7 heteroatoms. The van der Waals surface area contributed by atoms with Crippen molar-refractivity contribution in [2.45, 2.75) is 19.9 Å². The van der Waals surface area contributed by atoms with E-state index in [9.17, 15) is 10.1 Å². The zero-order chi connectivity index (χ0) is 17.1. The van der Waals surface area contributed by atoms with Crippen LogP contribution in [0.15, 0.2) is 36.4 Å². The quantitative estimate of drug-likeness (QED) is 0.279. The third-order valence-electron chi connectivity index (χ3n) is 3.80. The van der Waals surface area contributed by atoms with Gasteiger partial charge in [-0.15, -0.1) is 0 Å². The molecule has 1 aromatic heterocycles. The molecule has 2 aromatic carbocycles. The first kappa shape index (κ1) is 15.9. The Labute approximate surface area is 139 Å². The monoisotopic (exact) mass is 325 g/mol. The molecular weight excluding hydrogens is 306 g/mol.